The van der Waals surface area contributed by atoms with Crippen LogP contribution in [0.4, 0.5) is 5.69 Å². The van der Waals surface area contributed by atoms with Crippen LogP contribution in [0, 0.1) is 0 Å². The average Bonchev–Trinajstić information content (AvgIpc) is 2.79. The zero-order chi connectivity index (χ0) is 16.4. The van der Waals surface area contributed by atoms with Gasteiger partial charge in [0.05, 0.1) is 25.5 Å². The lowest BCUT2D eigenvalue weighted by Crippen LogP contribution is -2.40. The van der Waals surface area contributed by atoms with Gasteiger partial charge >= 0.3 is 0 Å². The van der Waals surface area contributed by atoms with Gasteiger partial charge in [-0.3, -0.25) is 9.59 Å². The number of nitrogens with zero attached hydrogens (tertiary/aromatic N) is 2. The summed E-state index contributed by atoms with van der Waals surface area (Å²) in [4.78, 5) is 28.2. The number of ether oxygens (including phenoxy) is 2. The van der Waals surface area contributed by atoms with Gasteiger partial charge in [-0.15, -0.1) is 0 Å². The maximum Gasteiger partial charge on any atom is 0.283 e. The molecule has 1 aromatic rings. The van der Waals surface area contributed by atoms with E-state index in [0.29, 0.717) is 44.3 Å². The fraction of sp³-hybridized carbons (Fsp3) is 0.375. The molecule has 23 heavy (non-hydrogen) atoms. The van der Waals surface area contributed by atoms with Gasteiger partial charge < -0.3 is 14.4 Å². The highest BCUT2D eigenvalue weighted by Crippen LogP contribution is 2.36. The number of hydrogen-bond donors (Lipinski definition) is 0. The molecule has 0 radical (unpaired) electrons. The normalized spacial score (nSPS) is 18.9. The van der Waals surface area contributed by atoms with Crippen molar-refractivity contribution >= 4 is 29.1 Å². The lowest BCUT2D eigenvalue weighted by atomic mass is 10.2. The SMILES string of the molecule is CCOc1ccccc1N1C(=O)C(Cl)=C(N2CCOCC2)C1=O. The summed E-state index contributed by atoms with van der Waals surface area (Å²) in [5.41, 5.74) is 0.650. The number of morpholine rings is 1. The molecule has 0 aliphatic carbocycles. The summed E-state index contributed by atoms with van der Waals surface area (Å²) in [6, 6.07) is 6.93. The first-order valence-corrected chi connectivity index (χ1v) is 7.86. The molecule has 3 rings (SSSR count). The quantitative estimate of drug-likeness (QED) is 0.784. The smallest absolute Gasteiger partial charge is 0.283 e. The van der Waals surface area contributed by atoms with Gasteiger partial charge in [0, 0.05) is 13.1 Å². The predicted octanol–water partition coefficient (Wildman–Crippen LogP) is 1.74. The Morgan fingerprint density at radius 2 is 1.87 bits per heavy atom. The Labute approximate surface area is 139 Å². The largest absolute Gasteiger partial charge is 0.492 e. The molecule has 0 unspecified atom stereocenters. The van der Waals surface area contributed by atoms with E-state index in [-0.39, 0.29) is 10.7 Å². The van der Waals surface area contributed by atoms with E-state index in [1.165, 1.54) is 0 Å². The summed E-state index contributed by atoms with van der Waals surface area (Å²) in [5.74, 6) is -0.469. The number of halogens is 1. The second-order valence-corrected chi connectivity index (χ2v) is 5.49. The molecular weight excluding hydrogens is 320 g/mol. The Kier molecular flexibility index (Phi) is 4.54. The summed E-state index contributed by atoms with van der Waals surface area (Å²) in [6.07, 6.45) is 0. The van der Waals surface area contributed by atoms with Gasteiger partial charge in [-0.05, 0) is 19.1 Å². The number of benzene rings is 1. The molecule has 0 saturated carbocycles. The number of carbonyl (C=O) groups is 2. The third-order valence-corrected chi connectivity index (χ3v) is 4.08. The average molecular weight is 337 g/mol. The van der Waals surface area contributed by atoms with Crippen LogP contribution in [0.5, 0.6) is 5.75 Å². The molecule has 0 N–H and O–H groups in total. The summed E-state index contributed by atoms with van der Waals surface area (Å²) < 4.78 is 10.8. The van der Waals surface area contributed by atoms with Crippen molar-refractivity contribution in [3.63, 3.8) is 0 Å². The molecule has 122 valence electrons. The van der Waals surface area contributed by atoms with E-state index in [2.05, 4.69) is 0 Å². The van der Waals surface area contributed by atoms with Crippen LogP contribution in [0.3, 0.4) is 0 Å². The van der Waals surface area contributed by atoms with Crippen molar-refractivity contribution in [1.29, 1.82) is 0 Å². The lowest BCUT2D eigenvalue weighted by Gasteiger charge is -2.29. The first-order valence-electron chi connectivity index (χ1n) is 7.48. The van der Waals surface area contributed by atoms with E-state index < -0.39 is 11.8 Å². The molecule has 0 aromatic heterocycles. The summed E-state index contributed by atoms with van der Waals surface area (Å²) in [5, 5.41) is -0.0526. The Bertz CT molecular complexity index is 668. The van der Waals surface area contributed by atoms with Crippen molar-refractivity contribution < 1.29 is 19.1 Å². The van der Waals surface area contributed by atoms with E-state index in [9.17, 15) is 9.59 Å². The lowest BCUT2D eigenvalue weighted by molar-refractivity contribution is -0.121. The van der Waals surface area contributed by atoms with Gasteiger partial charge in [0.25, 0.3) is 11.8 Å². The minimum atomic E-state index is -0.523. The number of imide groups is 1. The molecule has 6 nitrogen and oxygen atoms in total. The van der Waals surface area contributed by atoms with E-state index in [1.807, 2.05) is 6.92 Å². The summed E-state index contributed by atoms with van der Waals surface area (Å²) in [6.45, 7) is 4.35. The standard InChI is InChI=1S/C16H17ClN2O4/c1-2-23-12-6-4-3-5-11(12)19-15(20)13(17)14(16(19)21)18-7-9-22-10-8-18/h3-6H,2,7-10H2,1H3. The molecule has 0 spiro atoms. The number of rotatable bonds is 4. The Balaban J connectivity index is 1.95. The van der Waals surface area contributed by atoms with Gasteiger partial charge in [0.1, 0.15) is 16.5 Å². The van der Waals surface area contributed by atoms with Crippen LogP contribution in [0.25, 0.3) is 0 Å². The van der Waals surface area contributed by atoms with Gasteiger partial charge in [0.15, 0.2) is 0 Å². The fourth-order valence-corrected chi connectivity index (χ4v) is 2.98. The van der Waals surface area contributed by atoms with Gasteiger partial charge in [0.2, 0.25) is 0 Å². The molecule has 2 amide bonds. The first kappa shape index (κ1) is 15.8. The van der Waals surface area contributed by atoms with Crippen LogP contribution in [0.2, 0.25) is 0 Å². The Hall–Kier alpha value is -2.05. The van der Waals surface area contributed by atoms with Crippen molar-refractivity contribution in [2.75, 3.05) is 37.8 Å². The van der Waals surface area contributed by atoms with Gasteiger partial charge in [-0.1, -0.05) is 23.7 Å². The van der Waals surface area contributed by atoms with Gasteiger partial charge in [-0.25, -0.2) is 4.90 Å². The highest BCUT2D eigenvalue weighted by Gasteiger charge is 2.42. The third kappa shape index (κ3) is 2.80. The molecule has 1 fully saturated rings. The molecule has 1 aromatic carbocycles. The van der Waals surface area contributed by atoms with Crippen LogP contribution in [0.1, 0.15) is 6.92 Å². The first-order chi connectivity index (χ1) is 11.1. The highest BCUT2D eigenvalue weighted by atomic mass is 35.5. The van der Waals surface area contributed by atoms with Crippen molar-refractivity contribution in [2.24, 2.45) is 0 Å². The molecule has 0 bridgehead atoms. The number of amides is 2. The minimum absolute atomic E-state index is 0.0526. The zero-order valence-electron chi connectivity index (χ0n) is 12.8. The van der Waals surface area contributed by atoms with E-state index in [4.69, 9.17) is 21.1 Å². The zero-order valence-corrected chi connectivity index (χ0v) is 13.5. The Morgan fingerprint density at radius 3 is 2.57 bits per heavy atom. The van der Waals surface area contributed by atoms with Gasteiger partial charge in [-0.2, -0.15) is 0 Å². The van der Waals surface area contributed by atoms with Crippen LogP contribution >= 0.6 is 11.6 Å². The van der Waals surface area contributed by atoms with Crippen LogP contribution in [-0.2, 0) is 14.3 Å². The number of carbonyl (C=O) groups excluding carboxylic acids is 2. The maximum absolute atomic E-state index is 12.8. The van der Waals surface area contributed by atoms with E-state index in [1.54, 1.807) is 29.2 Å². The second kappa shape index (κ2) is 6.60. The summed E-state index contributed by atoms with van der Waals surface area (Å²) >= 11 is 6.18. The maximum atomic E-state index is 12.8. The molecule has 1 saturated heterocycles. The molecule has 2 heterocycles. The van der Waals surface area contributed by atoms with Crippen LogP contribution in [0.15, 0.2) is 35.0 Å². The minimum Gasteiger partial charge on any atom is -0.492 e. The van der Waals surface area contributed by atoms with Crippen molar-refractivity contribution in [3.8, 4) is 5.75 Å². The predicted molar refractivity (Wildman–Crippen MR) is 85.4 cm³/mol. The topological polar surface area (TPSA) is 59.1 Å². The van der Waals surface area contributed by atoms with Crippen LogP contribution < -0.4 is 9.64 Å². The highest BCUT2D eigenvalue weighted by molar-refractivity contribution is 6.52. The van der Waals surface area contributed by atoms with Crippen LogP contribution in [-0.4, -0.2) is 49.6 Å². The summed E-state index contributed by atoms with van der Waals surface area (Å²) in [7, 11) is 0. The molecule has 2 aliphatic heterocycles. The van der Waals surface area contributed by atoms with E-state index >= 15 is 0 Å². The fourth-order valence-electron chi connectivity index (χ4n) is 2.69. The van der Waals surface area contributed by atoms with Crippen molar-refractivity contribution in [3.05, 3.63) is 35.0 Å². The van der Waals surface area contributed by atoms with Crippen molar-refractivity contribution in [2.45, 2.75) is 6.92 Å². The molecular formula is C16H17ClN2O4. The monoisotopic (exact) mass is 336 g/mol. The Morgan fingerprint density at radius 1 is 1.17 bits per heavy atom. The second-order valence-electron chi connectivity index (χ2n) is 5.11. The van der Waals surface area contributed by atoms with E-state index in [0.717, 1.165) is 4.90 Å². The molecule has 7 heteroatoms. The number of hydrogen-bond acceptors (Lipinski definition) is 5. The molecule has 2 aliphatic rings. The number of anilines is 1. The number of para-hydroxylation sites is 2. The third-order valence-electron chi connectivity index (χ3n) is 3.74. The van der Waals surface area contributed by atoms with Crippen molar-refractivity contribution in [1.82, 2.24) is 4.90 Å². The molecule has 0 atom stereocenters.